The summed E-state index contributed by atoms with van der Waals surface area (Å²) in [5.74, 6) is 4.38. The Kier molecular flexibility index (Phi) is 26.3. The number of anilines is 3. The van der Waals surface area contributed by atoms with Gasteiger partial charge in [-0.25, -0.2) is 4.98 Å². The zero-order valence-corrected chi connectivity index (χ0v) is 64.9. The van der Waals surface area contributed by atoms with Crippen LogP contribution in [-0.2, 0) is 19.3 Å². The van der Waals surface area contributed by atoms with Crippen molar-refractivity contribution in [1.82, 2.24) is 60.0 Å². The number of rotatable bonds is 27. The summed E-state index contributed by atoms with van der Waals surface area (Å²) >= 11 is 1.46. The van der Waals surface area contributed by atoms with E-state index >= 15 is 0 Å². The number of carbonyl (C=O) groups excluding carboxylic acids is 3. The molecule has 4 N–H and O–H groups in total. The van der Waals surface area contributed by atoms with Gasteiger partial charge >= 0.3 is 0 Å². The minimum Gasteiger partial charge on any atom is -0.420 e. The first-order chi connectivity index (χ1) is 48.6. The van der Waals surface area contributed by atoms with E-state index in [0.29, 0.717) is 71.5 Å². The fraction of sp³-hybridized carbons (Fsp3) is 0.585. The van der Waals surface area contributed by atoms with Gasteiger partial charge in [-0.1, -0.05) is 127 Å². The molecule has 0 spiro atoms. The summed E-state index contributed by atoms with van der Waals surface area (Å²) in [6, 6.07) is 25.7. The van der Waals surface area contributed by atoms with E-state index in [1.165, 1.54) is 44.2 Å². The third-order valence-electron chi connectivity index (χ3n) is 21.1. The Hall–Kier alpha value is -7.52. The van der Waals surface area contributed by atoms with Gasteiger partial charge in [0.05, 0.1) is 6.20 Å². The molecular formula is C82H119N15O4S. The number of carbonyl (C=O) groups is 3. The average molecular weight is 1410 g/mol. The monoisotopic (exact) mass is 1410 g/mol. The Morgan fingerprint density at radius 2 is 0.853 bits per heavy atom. The molecule has 0 amide bonds. The Morgan fingerprint density at radius 1 is 0.471 bits per heavy atom. The third kappa shape index (κ3) is 21.3. The predicted molar refractivity (Wildman–Crippen MR) is 419 cm³/mol. The molecule has 3 aliphatic heterocycles. The molecule has 9 aromatic rings. The van der Waals surface area contributed by atoms with Crippen LogP contribution in [0, 0.1) is 35.5 Å². The highest BCUT2D eigenvalue weighted by molar-refractivity contribution is 7.17. The van der Waals surface area contributed by atoms with Crippen LogP contribution in [0.4, 0.5) is 17.1 Å². The van der Waals surface area contributed by atoms with Gasteiger partial charge in [-0.3, -0.25) is 34.2 Å². The lowest BCUT2D eigenvalue weighted by molar-refractivity contribution is 0.0925. The number of fused-ring (bicyclic) bond motifs is 3. The predicted octanol–water partition coefficient (Wildman–Crippen LogP) is 16.8. The van der Waals surface area contributed by atoms with Crippen molar-refractivity contribution in [2.24, 2.45) is 35.5 Å². The first kappa shape index (κ1) is 77.1. The Morgan fingerprint density at radius 3 is 1.26 bits per heavy atom. The summed E-state index contributed by atoms with van der Waals surface area (Å²) in [4.78, 5) is 72.9. The van der Waals surface area contributed by atoms with E-state index in [4.69, 9.17) is 4.42 Å². The van der Waals surface area contributed by atoms with E-state index in [9.17, 15) is 14.4 Å². The molecule has 3 fully saturated rings. The molecule has 9 heterocycles. The maximum atomic E-state index is 13.2. The summed E-state index contributed by atoms with van der Waals surface area (Å²) < 4.78 is 5.98. The number of nitrogens with one attached hydrogen (secondary N) is 4. The molecule has 0 radical (unpaired) electrons. The number of H-pyrrole nitrogens is 4. The maximum Gasteiger partial charge on any atom is 0.297 e. The number of Topliss-reactive ketones (excluding diaryl/α,β-unsaturated/α-hetero) is 3. The van der Waals surface area contributed by atoms with E-state index in [-0.39, 0.29) is 45.8 Å². The first-order valence-electron chi connectivity index (χ1n) is 38.1. The Bertz CT molecular complexity index is 3670. The van der Waals surface area contributed by atoms with E-state index in [1.54, 1.807) is 6.20 Å². The maximum absolute atomic E-state index is 13.2. The highest BCUT2D eigenvalue weighted by Gasteiger charge is 2.33. The molecule has 20 heteroatoms. The lowest BCUT2D eigenvalue weighted by atomic mass is 9.87. The van der Waals surface area contributed by atoms with E-state index in [1.807, 2.05) is 12.1 Å². The van der Waals surface area contributed by atoms with Crippen LogP contribution >= 0.6 is 11.3 Å². The van der Waals surface area contributed by atoms with Crippen LogP contribution in [0.3, 0.4) is 0 Å². The quantitative estimate of drug-likeness (QED) is 0.0353. The van der Waals surface area contributed by atoms with Crippen LogP contribution < -0.4 is 14.7 Å². The Labute approximate surface area is 611 Å². The number of para-hydroxylation sites is 3. The van der Waals surface area contributed by atoms with Crippen molar-refractivity contribution >= 4 is 78.5 Å². The van der Waals surface area contributed by atoms with Gasteiger partial charge in [0.1, 0.15) is 0 Å². The summed E-state index contributed by atoms with van der Waals surface area (Å²) in [7, 11) is 0. The number of ketones is 3. The van der Waals surface area contributed by atoms with Crippen LogP contribution in [0.5, 0.6) is 0 Å². The van der Waals surface area contributed by atoms with Crippen molar-refractivity contribution in [3.63, 3.8) is 0 Å². The number of piperazine rings is 3. The van der Waals surface area contributed by atoms with Gasteiger partial charge < -0.3 is 34.1 Å². The van der Waals surface area contributed by atoms with Crippen LogP contribution in [0.1, 0.15) is 209 Å². The standard InChI is InChI=1S/C28H40N4O2.C27H40N6O.C27H39N5OS/c1-20(2)10-11-21(16-22-18-29-24-9-7-6-8-23(22)24)17-25(33)26-19-30-27(34-26)31-12-14-32(15-13-31)28(3,4)5;1-19(2)10-11-20(16-21-18-28-23-9-7-6-8-22(21)23)17-24(34)25-29-26(31-30-25)32-12-14-33(15-13-32)27(3,4)5;1-19(2)10-11-20(16-21-18-28-23-9-7-6-8-22(21)23)17-24(33)25-29-30-26(34-25)31-12-14-32(15-13-31)27(3,4)5/h6-9,18-21,29H,10-17H2,1-5H3;6-9,18-20,28H,10-17H2,1-5H3,(H,29,30,31);6-9,18-20,28H,10-17H2,1-5H3. The summed E-state index contributed by atoms with van der Waals surface area (Å²) in [5.41, 5.74) is 7.85. The Balaban J connectivity index is 0.000000165. The number of hydrogen-bond acceptors (Lipinski definition) is 16. The summed E-state index contributed by atoms with van der Waals surface area (Å²) in [6.45, 7) is 45.0. The minimum absolute atomic E-state index is 0.0562. The SMILES string of the molecule is CC(C)CCC(CC(=O)c1cnc(N2CCN(C(C)(C)C)CC2)o1)Cc1c[nH]c2ccccc12.CC(C)CCC(CC(=O)c1nc(N2CCN(C(C)(C)C)CC2)n[nH]1)Cc1c[nH]c2ccccc12.CC(C)CCC(CC(=O)c1nnc(N2CCN(C(C)(C)C)CC2)s1)Cc1c[nH]c2ccccc12. The molecule has 3 aromatic carbocycles. The highest BCUT2D eigenvalue weighted by atomic mass is 32.1. The smallest absolute Gasteiger partial charge is 0.297 e. The van der Waals surface area contributed by atoms with Gasteiger partial charge in [0.15, 0.2) is 33.9 Å². The topological polar surface area (TPSA) is 211 Å². The molecule has 552 valence electrons. The lowest BCUT2D eigenvalue weighted by Gasteiger charge is -2.42. The van der Waals surface area contributed by atoms with Crippen molar-refractivity contribution in [1.29, 1.82) is 0 Å². The van der Waals surface area contributed by atoms with Gasteiger partial charge in [-0.2, -0.15) is 4.98 Å². The third-order valence-corrected chi connectivity index (χ3v) is 22.1. The molecule has 0 saturated carbocycles. The van der Waals surface area contributed by atoms with Gasteiger partial charge in [0.25, 0.3) is 6.01 Å². The molecule has 0 bridgehead atoms. The average Bonchev–Trinajstić information content (AvgIpc) is 1.59. The molecule has 6 aromatic heterocycles. The van der Waals surface area contributed by atoms with Crippen molar-refractivity contribution in [2.75, 3.05) is 93.2 Å². The molecule has 0 aliphatic carbocycles. The van der Waals surface area contributed by atoms with Gasteiger partial charge in [-0.05, 0) is 171 Å². The zero-order valence-electron chi connectivity index (χ0n) is 64.1. The number of hydrogen-bond donors (Lipinski definition) is 4. The fourth-order valence-corrected chi connectivity index (χ4v) is 15.5. The second kappa shape index (κ2) is 34.8. The van der Waals surface area contributed by atoms with E-state index in [0.717, 1.165) is 158 Å². The number of aromatic nitrogens is 9. The molecule has 3 unspecified atom stereocenters. The van der Waals surface area contributed by atoms with Gasteiger partial charge in [-0.15, -0.1) is 15.3 Å². The van der Waals surface area contributed by atoms with E-state index < -0.39 is 0 Å². The normalized spacial score (nSPS) is 16.5. The van der Waals surface area contributed by atoms with Gasteiger partial charge in [0.2, 0.25) is 11.1 Å². The van der Waals surface area contributed by atoms with Crippen LogP contribution in [0.2, 0.25) is 0 Å². The van der Waals surface area contributed by atoms with Crippen molar-refractivity contribution < 1.29 is 18.8 Å². The van der Waals surface area contributed by atoms with Crippen molar-refractivity contribution in [2.45, 2.75) is 198 Å². The van der Waals surface area contributed by atoms with Crippen LogP contribution in [-0.4, -0.2) is 173 Å². The summed E-state index contributed by atoms with van der Waals surface area (Å²) in [6.07, 6.45) is 18.6. The van der Waals surface area contributed by atoms with E-state index in [2.05, 4.69) is 258 Å². The second-order valence-electron chi connectivity index (χ2n) is 33.4. The van der Waals surface area contributed by atoms with Crippen LogP contribution in [0.25, 0.3) is 32.7 Å². The minimum atomic E-state index is 0.0562. The number of oxazole rings is 1. The second-order valence-corrected chi connectivity index (χ2v) is 34.4. The summed E-state index contributed by atoms with van der Waals surface area (Å²) in [5, 5.41) is 21.2. The van der Waals surface area contributed by atoms with Crippen molar-refractivity contribution in [3.05, 3.63) is 131 Å². The highest BCUT2D eigenvalue weighted by Crippen LogP contribution is 2.33. The lowest BCUT2D eigenvalue weighted by Crippen LogP contribution is -2.53. The van der Waals surface area contributed by atoms with Crippen molar-refractivity contribution in [3.8, 4) is 0 Å². The molecule has 12 rings (SSSR count). The molecule has 102 heavy (non-hydrogen) atoms. The number of benzene rings is 3. The molecule has 3 saturated heterocycles. The zero-order chi connectivity index (χ0) is 72.9. The molecule has 3 aliphatic rings. The molecular weight excluding hydrogens is 1290 g/mol. The number of aromatic amines is 4. The first-order valence-corrected chi connectivity index (χ1v) is 38.9. The van der Waals surface area contributed by atoms with Crippen LogP contribution in [0.15, 0.2) is 102 Å². The fourth-order valence-electron chi connectivity index (χ4n) is 14.7. The largest absolute Gasteiger partial charge is 0.420 e. The number of nitrogens with zero attached hydrogens (tertiary/aromatic N) is 11. The van der Waals surface area contributed by atoms with Gasteiger partial charge in [0, 0.05) is 166 Å². The molecule has 19 nitrogen and oxygen atoms in total. The molecule has 3 atom stereocenters.